The number of benzene rings is 1. The summed E-state index contributed by atoms with van der Waals surface area (Å²) < 4.78 is 4.95. The first-order valence-corrected chi connectivity index (χ1v) is 10.6. The standard InChI is InChI=1S/C23H35N3O3/c1-22(2,3)18-5-7-19(8-6-18)23(9-10-23)21(28)26-14-12-25(13-15-26)17-20(27)24-11-16-29-4/h5-8H,9-17H2,1-4H3,(H,24,27). The topological polar surface area (TPSA) is 61.9 Å². The lowest BCUT2D eigenvalue weighted by Crippen LogP contribution is -2.53. The van der Waals surface area contributed by atoms with Crippen LogP contribution in [0, 0.1) is 0 Å². The van der Waals surface area contributed by atoms with Gasteiger partial charge in [0.15, 0.2) is 0 Å². The molecule has 2 amide bonds. The molecule has 1 aliphatic heterocycles. The average Bonchev–Trinajstić information content (AvgIpc) is 3.50. The molecule has 1 saturated heterocycles. The molecule has 1 N–H and O–H groups in total. The summed E-state index contributed by atoms with van der Waals surface area (Å²) in [5, 5.41) is 2.85. The molecule has 0 bridgehead atoms. The lowest BCUT2D eigenvalue weighted by Gasteiger charge is -2.36. The monoisotopic (exact) mass is 401 g/mol. The number of hydrogen-bond donors (Lipinski definition) is 1. The van der Waals surface area contributed by atoms with E-state index in [1.807, 2.05) is 4.90 Å². The van der Waals surface area contributed by atoms with E-state index in [0.717, 1.165) is 31.5 Å². The SMILES string of the molecule is COCCNC(=O)CN1CCN(C(=O)C2(c3ccc(C(C)(C)C)cc3)CC2)CC1. The van der Waals surface area contributed by atoms with Gasteiger partial charge in [0, 0.05) is 39.8 Å². The maximum absolute atomic E-state index is 13.3. The van der Waals surface area contributed by atoms with Gasteiger partial charge in [0.2, 0.25) is 11.8 Å². The molecule has 0 unspecified atom stereocenters. The van der Waals surface area contributed by atoms with E-state index >= 15 is 0 Å². The normalized spacial score (nSPS) is 19.1. The van der Waals surface area contributed by atoms with E-state index in [1.54, 1.807) is 7.11 Å². The van der Waals surface area contributed by atoms with Gasteiger partial charge in [-0.25, -0.2) is 0 Å². The van der Waals surface area contributed by atoms with Crippen LogP contribution in [0.2, 0.25) is 0 Å². The van der Waals surface area contributed by atoms with E-state index in [0.29, 0.717) is 32.8 Å². The van der Waals surface area contributed by atoms with Gasteiger partial charge in [-0.2, -0.15) is 0 Å². The zero-order valence-corrected chi connectivity index (χ0v) is 18.3. The summed E-state index contributed by atoms with van der Waals surface area (Å²) in [7, 11) is 1.62. The van der Waals surface area contributed by atoms with Crippen molar-refractivity contribution in [3.05, 3.63) is 35.4 Å². The fourth-order valence-corrected chi connectivity index (χ4v) is 4.00. The van der Waals surface area contributed by atoms with E-state index in [1.165, 1.54) is 5.56 Å². The first kappa shape index (κ1) is 21.8. The molecule has 29 heavy (non-hydrogen) atoms. The number of rotatable bonds is 7. The van der Waals surface area contributed by atoms with Crippen molar-refractivity contribution < 1.29 is 14.3 Å². The fourth-order valence-electron chi connectivity index (χ4n) is 4.00. The van der Waals surface area contributed by atoms with Gasteiger partial charge in [-0.15, -0.1) is 0 Å². The second-order valence-corrected chi connectivity index (χ2v) is 9.32. The van der Waals surface area contributed by atoms with Crippen LogP contribution in [-0.2, 0) is 25.2 Å². The first-order valence-electron chi connectivity index (χ1n) is 10.6. The quantitative estimate of drug-likeness (QED) is 0.709. The van der Waals surface area contributed by atoms with Crippen molar-refractivity contribution in [2.45, 2.75) is 44.4 Å². The third kappa shape index (κ3) is 5.17. The third-order valence-corrected chi connectivity index (χ3v) is 6.12. The minimum absolute atomic E-state index is 0.0134. The Bertz CT molecular complexity index is 712. The van der Waals surface area contributed by atoms with Crippen LogP contribution in [0.4, 0.5) is 0 Å². The Morgan fingerprint density at radius 2 is 1.69 bits per heavy atom. The van der Waals surface area contributed by atoms with Crippen LogP contribution >= 0.6 is 0 Å². The highest BCUT2D eigenvalue weighted by Crippen LogP contribution is 2.50. The summed E-state index contributed by atoms with van der Waals surface area (Å²) in [6.45, 7) is 10.9. The number of carbonyl (C=O) groups excluding carboxylic acids is 2. The zero-order valence-electron chi connectivity index (χ0n) is 18.3. The van der Waals surface area contributed by atoms with Gasteiger partial charge in [-0.3, -0.25) is 14.5 Å². The number of nitrogens with one attached hydrogen (secondary N) is 1. The Kier molecular flexibility index (Phi) is 6.64. The number of amides is 2. The molecular formula is C23H35N3O3. The van der Waals surface area contributed by atoms with Crippen LogP contribution in [0.15, 0.2) is 24.3 Å². The molecule has 1 aliphatic carbocycles. The van der Waals surface area contributed by atoms with E-state index in [9.17, 15) is 9.59 Å². The second kappa shape index (κ2) is 8.84. The molecule has 0 radical (unpaired) electrons. The van der Waals surface area contributed by atoms with Crippen molar-refractivity contribution in [2.24, 2.45) is 0 Å². The minimum atomic E-state index is -0.323. The van der Waals surface area contributed by atoms with Gasteiger partial charge >= 0.3 is 0 Å². The van der Waals surface area contributed by atoms with Crippen LogP contribution < -0.4 is 5.32 Å². The summed E-state index contributed by atoms with van der Waals surface area (Å²) in [4.78, 5) is 29.4. The highest BCUT2D eigenvalue weighted by molar-refractivity contribution is 5.91. The smallest absolute Gasteiger partial charge is 0.234 e. The van der Waals surface area contributed by atoms with Gasteiger partial charge in [0.1, 0.15) is 0 Å². The van der Waals surface area contributed by atoms with E-state index in [4.69, 9.17) is 4.74 Å². The van der Waals surface area contributed by atoms with Crippen LogP contribution in [0.5, 0.6) is 0 Å². The molecule has 0 atom stereocenters. The number of ether oxygens (including phenoxy) is 1. The van der Waals surface area contributed by atoms with E-state index < -0.39 is 0 Å². The Balaban J connectivity index is 1.53. The predicted molar refractivity (Wildman–Crippen MR) is 114 cm³/mol. The van der Waals surface area contributed by atoms with Crippen molar-refractivity contribution in [1.29, 1.82) is 0 Å². The largest absolute Gasteiger partial charge is 0.383 e. The first-order chi connectivity index (χ1) is 13.8. The van der Waals surface area contributed by atoms with Crippen LogP contribution in [0.25, 0.3) is 0 Å². The minimum Gasteiger partial charge on any atom is -0.383 e. The van der Waals surface area contributed by atoms with Gasteiger partial charge in [-0.1, -0.05) is 45.0 Å². The Labute approximate surface area is 174 Å². The highest BCUT2D eigenvalue weighted by atomic mass is 16.5. The van der Waals surface area contributed by atoms with Crippen LogP contribution in [0.3, 0.4) is 0 Å². The molecule has 6 nitrogen and oxygen atoms in total. The molecule has 1 heterocycles. The number of methoxy groups -OCH3 is 1. The highest BCUT2D eigenvalue weighted by Gasteiger charge is 2.53. The molecule has 0 spiro atoms. The van der Waals surface area contributed by atoms with E-state index in [2.05, 4.69) is 55.3 Å². The number of nitrogens with zero attached hydrogens (tertiary/aromatic N) is 2. The molecule has 6 heteroatoms. The molecule has 1 saturated carbocycles. The summed E-state index contributed by atoms with van der Waals surface area (Å²) in [6.07, 6.45) is 1.87. The Morgan fingerprint density at radius 3 is 2.21 bits per heavy atom. The summed E-state index contributed by atoms with van der Waals surface area (Å²) in [5.41, 5.74) is 2.24. The molecule has 2 aliphatic rings. The van der Waals surface area contributed by atoms with Crippen molar-refractivity contribution in [3.8, 4) is 0 Å². The van der Waals surface area contributed by atoms with Gasteiger partial charge in [-0.05, 0) is 29.4 Å². The van der Waals surface area contributed by atoms with Crippen LogP contribution in [-0.4, -0.2) is 74.6 Å². The number of carbonyl (C=O) groups is 2. The number of hydrogen-bond acceptors (Lipinski definition) is 4. The van der Waals surface area contributed by atoms with Crippen LogP contribution in [0.1, 0.15) is 44.7 Å². The lowest BCUT2D eigenvalue weighted by atomic mass is 9.84. The second-order valence-electron chi connectivity index (χ2n) is 9.32. The predicted octanol–water partition coefficient (Wildman–Crippen LogP) is 1.92. The number of piperazine rings is 1. The summed E-state index contributed by atoms with van der Waals surface area (Å²) >= 11 is 0. The Hall–Kier alpha value is -1.92. The van der Waals surface area contributed by atoms with E-state index in [-0.39, 0.29) is 22.6 Å². The molecule has 2 fully saturated rings. The third-order valence-electron chi connectivity index (χ3n) is 6.12. The maximum atomic E-state index is 13.3. The molecule has 0 aromatic heterocycles. The van der Waals surface area contributed by atoms with Gasteiger partial charge in [0.25, 0.3) is 0 Å². The molecule has 160 valence electrons. The lowest BCUT2D eigenvalue weighted by molar-refractivity contribution is -0.136. The fraction of sp³-hybridized carbons (Fsp3) is 0.652. The van der Waals surface area contributed by atoms with Crippen molar-refractivity contribution in [2.75, 3.05) is 53.0 Å². The zero-order chi connectivity index (χ0) is 21.1. The van der Waals surface area contributed by atoms with Crippen molar-refractivity contribution >= 4 is 11.8 Å². The van der Waals surface area contributed by atoms with Gasteiger partial charge in [0.05, 0.1) is 18.6 Å². The average molecular weight is 402 g/mol. The maximum Gasteiger partial charge on any atom is 0.234 e. The Morgan fingerprint density at radius 1 is 1.07 bits per heavy atom. The molecular weight excluding hydrogens is 366 g/mol. The van der Waals surface area contributed by atoms with Crippen molar-refractivity contribution in [3.63, 3.8) is 0 Å². The summed E-state index contributed by atoms with van der Waals surface area (Å²) in [6, 6.07) is 8.63. The summed E-state index contributed by atoms with van der Waals surface area (Å²) in [5.74, 6) is 0.268. The molecule has 3 rings (SSSR count). The molecule has 1 aromatic rings. The van der Waals surface area contributed by atoms with Crippen molar-refractivity contribution in [1.82, 2.24) is 15.1 Å². The van der Waals surface area contributed by atoms with Gasteiger partial charge < -0.3 is 15.0 Å². The molecule has 1 aromatic carbocycles.